The molecular formula is C13H18N2O2. The Labute approximate surface area is 101 Å². The highest BCUT2D eigenvalue weighted by molar-refractivity contribution is 5.96. The monoisotopic (exact) mass is 234 g/mol. The quantitative estimate of drug-likeness (QED) is 0.599. The zero-order chi connectivity index (χ0) is 12.1. The predicted octanol–water partition coefficient (Wildman–Crippen LogP) is 1.52. The molecule has 0 aliphatic carbocycles. The van der Waals surface area contributed by atoms with Crippen molar-refractivity contribution in [2.24, 2.45) is 11.7 Å². The molecule has 2 rings (SSSR count). The van der Waals surface area contributed by atoms with Crippen LogP contribution in [-0.2, 0) is 16.1 Å². The largest absolute Gasteiger partial charge is 0.384 e. The number of amidine groups is 1. The molecule has 1 unspecified atom stereocenters. The molecule has 1 aromatic rings. The van der Waals surface area contributed by atoms with Crippen molar-refractivity contribution in [3.8, 4) is 0 Å². The van der Waals surface area contributed by atoms with Crippen LogP contribution in [0.25, 0.3) is 0 Å². The van der Waals surface area contributed by atoms with Gasteiger partial charge in [0.2, 0.25) is 0 Å². The number of nitrogen functional groups attached to an aromatic ring is 1. The standard InChI is InChI=1S/C13H18N2O2/c14-13(15)12-4-2-1-3-11(12)9-17-8-10-5-6-16-7-10/h1-4,10H,5-9H2,(H3,14,15). The van der Waals surface area contributed by atoms with E-state index >= 15 is 0 Å². The third-order valence-electron chi connectivity index (χ3n) is 2.94. The maximum absolute atomic E-state index is 7.48. The second-order valence-corrected chi connectivity index (χ2v) is 4.32. The minimum atomic E-state index is 0.0911. The molecular weight excluding hydrogens is 216 g/mol. The van der Waals surface area contributed by atoms with Gasteiger partial charge < -0.3 is 15.2 Å². The second-order valence-electron chi connectivity index (χ2n) is 4.32. The molecule has 0 bridgehead atoms. The highest BCUT2D eigenvalue weighted by atomic mass is 16.5. The van der Waals surface area contributed by atoms with Crippen LogP contribution in [0.15, 0.2) is 24.3 Å². The van der Waals surface area contributed by atoms with E-state index in [2.05, 4.69) is 0 Å². The molecule has 92 valence electrons. The normalized spacial score (nSPS) is 19.4. The first kappa shape index (κ1) is 12.1. The molecule has 1 saturated heterocycles. The van der Waals surface area contributed by atoms with Crippen molar-refractivity contribution in [3.05, 3.63) is 35.4 Å². The van der Waals surface area contributed by atoms with Gasteiger partial charge in [-0.2, -0.15) is 0 Å². The zero-order valence-electron chi connectivity index (χ0n) is 9.82. The Hall–Kier alpha value is -1.39. The van der Waals surface area contributed by atoms with Crippen LogP contribution in [-0.4, -0.2) is 25.7 Å². The van der Waals surface area contributed by atoms with Crippen LogP contribution >= 0.6 is 0 Å². The molecule has 0 saturated carbocycles. The molecule has 1 aliphatic heterocycles. The molecule has 0 aromatic heterocycles. The van der Waals surface area contributed by atoms with Crippen molar-refractivity contribution in [1.82, 2.24) is 0 Å². The van der Waals surface area contributed by atoms with E-state index in [-0.39, 0.29) is 5.84 Å². The number of rotatable bonds is 5. The van der Waals surface area contributed by atoms with Crippen molar-refractivity contribution < 1.29 is 9.47 Å². The molecule has 0 amide bonds. The smallest absolute Gasteiger partial charge is 0.123 e. The third-order valence-corrected chi connectivity index (χ3v) is 2.94. The van der Waals surface area contributed by atoms with Gasteiger partial charge in [0.05, 0.1) is 19.8 Å². The Bertz CT molecular complexity index is 387. The summed E-state index contributed by atoms with van der Waals surface area (Å²) < 4.78 is 10.9. The minimum absolute atomic E-state index is 0.0911. The van der Waals surface area contributed by atoms with Gasteiger partial charge in [-0.15, -0.1) is 0 Å². The van der Waals surface area contributed by atoms with Gasteiger partial charge in [0, 0.05) is 18.1 Å². The van der Waals surface area contributed by atoms with Gasteiger partial charge >= 0.3 is 0 Å². The minimum Gasteiger partial charge on any atom is -0.384 e. The van der Waals surface area contributed by atoms with Crippen molar-refractivity contribution in [3.63, 3.8) is 0 Å². The van der Waals surface area contributed by atoms with Gasteiger partial charge in [-0.1, -0.05) is 24.3 Å². The lowest BCUT2D eigenvalue weighted by Gasteiger charge is -2.11. The molecule has 1 atom stereocenters. The van der Waals surface area contributed by atoms with Gasteiger partial charge in [-0.3, -0.25) is 5.41 Å². The molecule has 3 N–H and O–H groups in total. The molecule has 1 heterocycles. The summed E-state index contributed by atoms with van der Waals surface area (Å²) in [5.74, 6) is 0.605. The second kappa shape index (κ2) is 5.80. The van der Waals surface area contributed by atoms with Crippen molar-refractivity contribution in [1.29, 1.82) is 5.41 Å². The topological polar surface area (TPSA) is 68.3 Å². The highest BCUT2D eigenvalue weighted by Gasteiger charge is 2.15. The average molecular weight is 234 g/mol. The Morgan fingerprint density at radius 3 is 3.00 bits per heavy atom. The first-order valence-corrected chi connectivity index (χ1v) is 5.85. The number of benzene rings is 1. The fraction of sp³-hybridized carbons (Fsp3) is 0.462. The van der Waals surface area contributed by atoms with Crippen LogP contribution < -0.4 is 5.73 Å². The van der Waals surface area contributed by atoms with E-state index in [0.29, 0.717) is 19.1 Å². The van der Waals surface area contributed by atoms with Crippen LogP contribution in [0, 0.1) is 11.3 Å². The van der Waals surface area contributed by atoms with Crippen LogP contribution in [0.4, 0.5) is 0 Å². The van der Waals surface area contributed by atoms with E-state index in [1.54, 1.807) is 0 Å². The van der Waals surface area contributed by atoms with E-state index in [9.17, 15) is 0 Å². The third kappa shape index (κ3) is 3.28. The highest BCUT2D eigenvalue weighted by Crippen LogP contribution is 2.14. The number of nitrogens with one attached hydrogen (secondary N) is 1. The van der Waals surface area contributed by atoms with E-state index in [0.717, 1.165) is 30.8 Å². The summed E-state index contributed by atoms with van der Waals surface area (Å²) in [6, 6.07) is 7.61. The summed E-state index contributed by atoms with van der Waals surface area (Å²) in [4.78, 5) is 0. The molecule has 0 radical (unpaired) electrons. The van der Waals surface area contributed by atoms with Crippen molar-refractivity contribution >= 4 is 5.84 Å². The lowest BCUT2D eigenvalue weighted by atomic mass is 10.1. The molecule has 0 spiro atoms. The van der Waals surface area contributed by atoms with Gasteiger partial charge in [-0.25, -0.2) is 0 Å². The Morgan fingerprint density at radius 2 is 2.29 bits per heavy atom. The Morgan fingerprint density at radius 1 is 1.47 bits per heavy atom. The SMILES string of the molecule is N=C(N)c1ccccc1COCC1CCOC1. The van der Waals surface area contributed by atoms with E-state index in [1.165, 1.54) is 0 Å². The summed E-state index contributed by atoms with van der Waals surface area (Å²) in [5, 5.41) is 7.48. The molecule has 1 aliphatic rings. The van der Waals surface area contributed by atoms with Gasteiger partial charge in [0.25, 0.3) is 0 Å². The van der Waals surface area contributed by atoms with Crippen molar-refractivity contribution in [2.75, 3.05) is 19.8 Å². The lowest BCUT2D eigenvalue weighted by molar-refractivity contribution is 0.0790. The van der Waals surface area contributed by atoms with Gasteiger partial charge in [-0.05, 0) is 12.0 Å². The predicted molar refractivity (Wildman–Crippen MR) is 66.0 cm³/mol. The Kier molecular flexibility index (Phi) is 4.12. The summed E-state index contributed by atoms with van der Waals surface area (Å²) in [6.45, 7) is 2.87. The summed E-state index contributed by atoms with van der Waals surface area (Å²) in [7, 11) is 0. The number of ether oxygens (including phenoxy) is 2. The van der Waals surface area contributed by atoms with E-state index in [4.69, 9.17) is 20.6 Å². The van der Waals surface area contributed by atoms with Gasteiger partial charge in [0.15, 0.2) is 0 Å². The molecule has 1 aromatic carbocycles. The van der Waals surface area contributed by atoms with Crippen molar-refractivity contribution in [2.45, 2.75) is 13.0 Å². The first-order chi connectivity index (χ1) is 8.27. The van der Waals surface area contributed by atoms with Gasteiger partial charge in [0.1, 0.15) is 5.84 Å². The van der Waals surface area contributed by atoms with Crippen LogP contribution in [0.5, 0.6) is 0 Å². The van der Waals surface area contributed by atoms with E-state index in [1.807, 2.05) is 24.3 Å². The fourth-order valence-electron chi connectivity index (χ4n) is 1.96. The first-order valence-electron chi connectivity index (χ1n) is 5.85. The number of hydrogen-bond acceptors (Lipinski definition) is 3. The number of hydrogen-bond donors (Lipinski definition) is 2. The zero-order valence-corrected chi connectivity index (χ0v) is 9.82. The summed E-state index contributed by atoms with van der Waals surface area (Å²) in [5.41, 5.74) is 7.25. The number of nitrogens with two attached hydrogens (primary N) is 1. The average Bonchev–Trinajstić information content (AvgIpc) is 2.82. The van der Waals surface area contributed by atoms with Crippen LogP contribution in [0.3, 0.4) is 0 Å². The van der Waals surface area contributed by atoms with Crippen LogP contribution in [0.1, 0.15) is 17.5 Å². The molecule has 1 fully saturated rings. The maximum atomic E-state index is 7.48. The summed E-state index contributed by atoms with van der Waals surface area (Å²) in [6.07, 6.45) is 1.08. The summed E-state index contributed by atoms with van der Waals surface area (Å²) >= 11 is 0. The molecule has 17 heavy (non-hydrogen) atoms. The van der Waals surface area contributed by atoms with E-state index < -0.39 is 0 Å². The lowest BCUT2D eigenvalue weighted by Crippen LogP contribution is -2.15. The van der Waals surface area contributed by atoms with Crippen LogP contribution in [0.2, 0.25) is 0 Å². The molecule has 4 nitrogen and oxygen atoms in total. The maximum Gasteiger partial charge on any atom is 0.123 e. The fourth-order valence-corrected chi connectivity index (χ4v) is 1.96. The Balaban J connectivity index is 1.87. The molecule has 4 heteroatoms.